The van der Waals surface area contributed by atoms with Gasteiger partial charge in [-0.3, -0.25) is 9.78 Å². The van der Waals surface area contributed by atoms with Crippen LogP contribution in [0.5, 0.6) is 0 Å². The minimum atomic E-state index is -4.44. The van der Waals surface area contributed by atoms with Crippen molar-refractivity contribution in [2.75, 3.05) is 5.32 Å². The van der Waals surface area contributed by atoms with Crippen LogP contribution < -0.4 is 5.32 Å². The van der Waals surface area contributed by atoms with Gasteiger partial charge in [0, 0.05) is 24.0 Å². The van der Waals surface area contributed by atoms with E-state index in [2.05, 4.69) is 15.4 Å². The van der Waals surface area contributed by atoms with Crippen LogP contribution in [0.3, 0.4) is 0 Å². The molecule has 1 fully saturated rings. The molecule has 0 unspecified atom stereocenters. The van der Waals surface area contributed by atoms with Crippen LogP contribution >= 0.6 is 0 Å². The van der Waals surface area contributed by atoms with Crippen LogP contribution in [-0.4, -0.2) is 20.7 Å². The molecule has 1 N–H and O–H groups in total. The topological polar surface area (TPSA) is 59.8 Å². The number of nitrogens with one attached hydrogen (secondary N) is 1. The van der Waals surface area contributed by atoms with Gasteiger partial charge in [-0.05, 0) is 43.2 Å². The molecule has 0 saturated heterocycles. The summed E-state index contributed by atoms with van der Waals surface area (Å²) in [4.78, 5) is 16.6. The van der Waals surface area contributed by atoms with E-state index in [1.165, 1.54) is 16.9 Å². The second-order valence-electron chi connectivity index (χ2n) is 6.37. The molecule has 0 radical (unpaired) electrons. The zero-order valence-corrected chi connectivity index (χ0v) is 14.1. The lowest BCUT2D eigenvalue weighted by Gasteiger charge is -2.12. The Labute approximate surface area is 152 Å². The summed E-state index contributed by atoms with van der Waals surface area (Å²) in [6, 6.07) is 8.27. The molecule has 8 heteroatoms. The number of amides is 1. The number of pyridine rings is 1. The largest absolute Gasteiger partial charge is 0.416 e. The molecule has 5 nitrogen and oxygen atoms in total. The Morgan fingerprint density at radius 1 is 1.15 bits per heavy atom. The Hall–Kier alpha value is -3.16. The van der Waals surface area contributed by atoms with Crippen molar-refractivity contribution in [3.8, 4) is 5.69 Å². The average molecular weight is 372 g/mol. The van der Waals surface area contributed by atoms with Crippen LogP contribution in [0.15, 0.2) is 55.0 Å². The molecule has 0 atom stereocenters. The SMILES string of the molecule is O=C(Nc1ccncc1)c1cnn(-c2cccc(C(F)(F)F)c2)c1C1CC1. The van der Waals surface area contributed by atoms with Crippen molar-refractivity contribution in [2.24, 2.45) is 0 Å². The van der Waals surface area contributed by atoms with Crippen molar-refractivity contribution < 1.29 is 18.0 Å². The van der Waals surface area contributed by atoms with E-state index >= 15 is 0 Å². The summed E-state index contributed by atoms with van der Waals surface area (Å²) < 4.78 is 40.5. The molecule has 0 spiro atoms. The Morgan fingerprint density at radius 2 is 1.89 bits per heavy atom. The standard InChI is InChI=1S/C19H15F3N4O/c20-19(21,22)13-2-1-3-15(10-13)26-17(12-4-5-12)16(11-24-26)18(27)25-14-6-8-23-9-7-14/h1-3,6-12H,4-5H2,(H,23,25,27). The summed E-state index contributed by atoms with van der Waals surface area (Å²) in [5, 5.41) is 6.98. The first-order chi connectivity index (χ1) is 12.9. The van der Waals surface area contributed by atoms with Gasteiger partial charge < -0.3 is 5.32 Å². The molecular formula is C19H15F3N4O. The summed E-state index contributed by atoms with van der Waals surface area (Å²) in [6.07, 6.45) is 1.84. The molecule has 4 rings (SSSR count). The zero-order valence-electron chi connectivity index (χ0n) is 14.1. The number of alkyl halides is 3. The van der Waals surface area contributed by atoms with E-state index in [0.29, 0.717) is 16.9 Å². The minimum absolute atomic E-state index is 0.111. The fourth-order valence-electron chi connectivity index (χ4n) is 2.94. The highest BCUT2D eigenvalue weighted by Crippen LogP contribution is 2.43. The smallest absolute Gasteiger partial charge is 0.322 e. The van der Waals surface area contributed by atoms with E-state index in [1.54, 1.807) is 30.6 Å². The quantitative estimate of drug-likeness (QED) is 0.738. The molecule has 1 aliphatic rings. The highest BCUT2D eigenvalue weighted by molar-refractivity contribution is 6.05. The van der Waals surface area contributed by atoms with Crippen LogP contribution in [0.4, 0.5) is 18.9 Å². The lowest BCUT2D eigenvalue weighted by molar-refractivity contribution is -0.137. The predicted molar refractivity (Wildman–Crippen MR) is 92.7 cm³/mol. The van der Waals surface area contributed by atoms with Crippen molar-refractivity contribution in [3.63, 3.8) is 0 Å². The molecule has 0 bridgehead atoms. The highest BCUT2D eigenvalue weighted by Gasteiger charge is 2.34. The number of halogens is 3. The maximum atomic E-state index is 13.0. The highest BCUT2D eigenvalue weighted by atomic mass is 19.4. The van der Waals surface area contributed by atoms with E-state index < -0.39 is 11.7 Å². The normalized spacial score (nSPS) is 14.2. The Kier molecular flexibility index (Phi) is 4.18. The monoisotopic (exact) mass is 372 g/mol. The number of carbonyl (C=O) groups excluding carboxylic acids is 1. The van der Waals surface area contributed by atoms with Crippen LogP contribution in [0.1, 0.15) is 40.4 Å². The predicted octanol–water partition coefficient (Wildman–Crippen LogP) is 4.42. The van der Waals surface area contributed by atoms with Crippen LogP contribution in [0, 0.1) is 0 Å². The molecular weight excluding hydrogens is 357 g/mol. The Morgan fingerprint density at radius 3 is 2.56 bits per heavy atom. The minimum Gasteiger partial charge on any atom is -0.322 e. The molecule has 1 amide bonds. The van der Waals surface area contributed by atoms with Crippen molar-refractivity contribution in [3.05, 3.63) is 71.8 Å². The van der Waals surface area contributed by atoms with Crippen molar-refractivity contribution in [2.45, 2.75) is 24.9 Å². The number of benzene rings is 1. The molecule has 138 valence electrons. The van der Waals surface area contributed by atoms with Crippen LogP contribution in [0.25, 0.3) is 5.69 Å². The first-order valence-electron chi connectivity index (χ1n) is 8.40. The van der Waals surface area contributed by atoms with Gasteiger partial charge in [0.25, 0.3) is 5.91 Å². The lowest BCUT2D eigenvalue weighted by Crippen LogP contribution is -2.14. The van der Waals surface area contributed by atoms with Crippen LogP contribution in [0.2, 0.25) is 0 Å². The first kappa shape index (κ1) is 17.3. The van der Waals surface area contributed by atoms with E-state index in [-0.39, 0.29) is 17.5 Å². The number of rotatable bonds is 4. The van der Waals surface area contributed by atoms with Gasteiger partial charge in [0.15, 0.2) is 0 Å². The summed E-state index contributed by atoms with van der Waals surface area (Å²) in [7, 11) is 0. The Bertz CT molecular complexity index is 978. The average Bonchev–Trinajstić information content (AvgIpc) is 3.39. The molecule has 1 aromatic carbocycles. The number of hydrogen-bond acceptors (Lipinski definition) is 3. The van der Waals surface area contributed by atoms with Gasteiger partial charge in [-0.15, -0.1) is 0 Å². The van der Waals surface area contributed by atoms with E-state index in [0.717, 1.165) is 25.0 Å². The van der Waals surface area contributed by atoms with Gasteiger partial charge in [-0.1, -0.05) is 6.07 Å². The number of nitrogens with zero attached hydrogens (tertiary/aromatic N) is 3. The van der Waals surface area contributed by atoms with Crippen LogP contribution in [-0.2, 0) is 6.18 Å². The maximum absolute atomic E-state index is 13.0. The second kappa shape index (κ2) is 6.53. The van der Waals surface area contributed by atoms with E-state index in [4.69, 9.17) is 0 Å². The third kappa shape index (κ3) is 3.55. The van der Waals surface area contributed by atoms with Crippen molar-refractivity contribution >= 4 is 11.6 Å². The lowest BCUT2D eigenvalue weighted by atomic mass is 10.1. The van der Waals surface area contributed by atoms with Gasteiger partial charge in [0.05, 0.1) is 28.7 Å². The molecule has 27 heavy (non-hydrogen) atoms. The third-order valence-electron chi connectivity index (χ3n) is 4.37. The van der Waals surface area contributed by atoms with Gasteiger partial charge in [0.1, 0.15) is 0 Å². The molecule has 1 saturated carbocycles. The summed E-state index contributed by atoms with van der Waals surface area (Å²) in [6.45, 7) is 0. The number of aromatic nitrogens is 3. The zero-order chi connectivity index (χ0) is 19.0. The second-order valence-corrected chi connectivity index (χ2v) is 6.37. The summed E-state index contributed by atoms with van der Waals surface area (Å²) in [5.41, 5.74) is 1.13. The fourth-order valence-corrected chi connectivity index (χ4v) is 2.94. The number of anilines is 1. The number of hydrogen-bond donors (Lipinski definition) is 1. The third-order valence-corrected chi connectivity index (χ3v) is 4.37. The fraction of sp³-hybridized carbons (Fsp3) is 0.211. The van der Waals surface area contributed by atoms with Gasteiger partial charge in [-0.2, -0.15) is 18.3 Å². The molecule has 3 aromatic rings. The van der Waals surface area contributed by atoms with Gasteiger partial charge in [0.2, 0.25) is 0 Å². The van der Waals surface area contributed by atoms with Crippen molar-refractivity contribution in [1.82, 2.24) is 14.8 Å². The molecule has 0 aliphatic heterocycles. The van der Waals surface area contributed by atoms with Gasteiger partial charge in [-0.25, -0.2) is 4.68 Å². The van der Waals surface area contributed by atoms with Gasteiger partial charge >= 0.3 is 6.18 Å². The van der Waals surface area contributed by atoms with E-state index in [1.807, 2.05) is 0 Å². The summed E-state index contributed by atoms with van der Waals surface area (Å²) in [5.74, 6) is -0.235. The van der Waals surface area contributed by atoms with Crippen molar-refractivity contribution in [1.29, 1.82) is 0 Å². The molecule has 1 aliphatic carbocycles. The molecule has 2 aromatic heterocycles. The summed E-state index contributed by atoms with van der Waals surface area (Å²) >= 11 is 0. The maximum Gasteiger partial charge on any atom is 0.416 e. The Balaban J connectivity index is 1.71. The first-order valence-corrected chi connectivity index (χ1v) is 8.40. The van der Waals surface area contributed by atoms with E-state index in [9.17, 15) is 18.0 Å². The molecule has 2 heterocycles. The number of carbonyl (C=O) groups is 1.